The Labute approximate surface area is 342 Å². The first-order valence-electron chi connectivity index (χ1n) is 22.3. The van der Waals surface area contributed by atoms with E-state index in [1.165, 1.54) is 77.0 Å². The van der Waals surface area contributed by atoms with E-state index in [0.717, 1.165) is 77.0 Å². The van der Waals surface area contributed by atoms with Gasteiger partial charge in [0.15, 0.2) is 6.10 Å². The fraction of sp³-hybridized carbons (Fsp3) is 0.864. The molecule has 0 aliphatic carbocycles. The van der Waals surface area contributed by atoms with E-state index < -0.39 is 26.5 Å². The van der Waals surface area contributed by atoms with Gasteiger partial charge in [-0.1, -0.05) is 167 Å². The van der Waals surface area contributed by atoms with Crippen molar-refractivity contribution in [1.82, 2.24) is 0 Å². The third-order valence-electron chi connectivity index (χ3n) is 9.71. The van der Waals surface area contributed by atoms with Gasteiger partial charge in [0, 0.05) is 12.8 Å². The van der Waals surface area contributed by atoms with E-state index in [1.54, 1.807) is 0 Å². The highest BCUT2D eigenvalue weighted by molar-refractivity contribution is 7.47. The van der Waals surface area contributed by atoms with Gasteiger partial charge in [0.1, 0.15) is 25.9 Å². The number of carbonyl (C=O) groups excluding carboxylic acids is 2. The second-order valence-electron chi connectivity index (χ2n) is 16.4. The third-order valence-corrected chi connectivity index (χ3v) is 10.7. The van der Waals surface area contributed by atoms with Gasteiger partial charge < -0.3 is 18.9 Å². The summed E-state index contributed by atoms with van der Waals surface area (Å²) < 4.78 is 34.3. The molecule has 0 aliphatic heterocycles. The van der Waals surface area contributed by atoms with Crippen LogP contribution in [0.2, 0.25) is 0 Å². The molecule has 0 bridgehead atoms. The second kappa shape index (κ2) is 37.7. The smallest absolute Gasteiger partial charge is 0.462 e. The fourth-order valence-corrected chi connectivity index (χ4v) is 6.85. The molecular formula is C44H85NO10P+. The highest BCUT2D eigenvalue weighted by atomic mass is 31.2. The number of likely N-dealkylation sites (N-methyl/N-ethyl adjacent to an activating group) is 1. The van der Waals surface area contributed by atoms with Crippen LogP contribution in [0.4, 0.5) is 0 Å². The first-order valence-corrected chi connectivity index (χ1v) is 23.8. The molecule has 2 unspecified atom stereocenters. The average molecular weight is 819 g/mol. The van der Waals surface area contributed by atoms with E-state index >= 15 is 0 Å². The average Bonchev–Trinajstić information content (AvgIpc) is 3.15. The molecule has 0 aromatic carbocycles. The van der Waals surface area contributed by atoms with E-state index in [9.17, 15) is 19.0 Å². The quantitative estimate of drug-likeness (QED) is 0.0117. The van der Waals surface area contributed by atoms with Gasteiger partial charge in [-0.3, -0.25) is 23.9 Å². The number of allylic oxidation sites excluding steroid dienone is 3. The minimum absolute atomic E-state index is 0.0168. The maximum atomic E-state index is 12.7. The van der Waals surface area contributed by atoms with Crippen molar-refractivity contribution in [3.05, 3.63) is 24.3 Å². The topological polar surface area (TPSA) is 138 Å². The summed E-state index contributed by atoms with van der Waals surface area (Å²) in [7, 11) is 1.42. The van der Waals surface area contributed by atoms with Crippen molar-refractivity contribution in [3.8, 4) is 0 Å². The van der Waals surface area contributed by atoms with Gasteiger partial charge in [-0.25, -0.2) is 9.45 Å². The van der Waals surface area contributed by atoms with Gasteiger partial charge >= 0.3 is 19.8 Å². The lowest BCUT2D eigenvalue weighted by Crippen LogP contribution is -2.37. The van der Waals surface area contributed by atoms with Gasteiger partial charge in [-0.05, 0) is 32.1 Å². The standard InChI is InChI=1S/C44H84NO10P/c1-6-8-10-11-12-13-14-15-16-17-18-21-24-27-31-35-43(46)51-39-42(40-53-56(49,50)52-38-37-45(3,4)5)54-44(47)36-32-28-25-22-19-20-23-26-30-34-41(55-48)33-29-9-7-2/h23,26,30,34,41-42H,6-22,24-25,27-29,31-33,35-40H2,1-5H3,(H-,48,49,50)/p+1/b26-23-,34-30+/t41?,42-/m1/s1. The Balaban J connectivity index is 4.44. The van der Waals surface area contributed by atoms with Crippen LogP contribution in [0.3, 0.4) is 0 Å². The van der Waals surface area contributed by atoms with E-state index in [0.29, 0.717) is 17.4 Å². The van der Waals surface area contributed by atoms with Gasteiger partial charge in [0.2, 0.25) is 0 Å². The summed E-state index contributed by atoms with van der Waals surface area (Å²) >= 11 is 0. The molecule has 0 fully saturated rings. The Morgan fingerprint density at radius 2 is 1.14 bits per heavy atom. The van der Waals surface area contributed by atoms with Gasteiger partial charge in [-0.2, -0.15) is 0 Å². The lowest BCUT2D eigenvalue weighted by molar-refractivity contribution is -0.870. The third kappa shape index (κ3) is 39.2. The molecule has 0 amide bonds. The summed E-state index contributed by atoms with van der Waals surface area (Å²) in [5, 5.41) is 9.03. The monoisotopic (exact) mass is 819 g/mol. The molecule has 0 spiro atoms. The highest BCUT2D eigenvalue weighted by Gasteiger charge is 2.27. The minimum Gasteiger partial charge on any atom is -0.462 e. The molecule has 0 saturated carbocycles. The number of unbranched alkanes of at least 4 members (excludes halogenated alkanes) is 21. The zero-order valence-corrected chi connectivity index (χ0v) is 37.3. The van der Waals surface area contributed by atoms with Crippen LogP contribution in [-0.2, 0) is 37.6 Å². The van der Waals surface area contributed by atoms with Crippen molar-refractivity contribution < 1.29 is 52.2 Å². The number of rotatable bonds is 41. The second-order valence-corrected chi connectivity index (χ2v) is 17.8. The summed E-state index contributed by atoms with van der Waals surface area (Å²) in [6.07, 6.45) is 35.3. The SMILES string of the molecule is CCCCCCCCCCCCCCCCCC(=O)OC[C@H](COP(=O)(O)OCC[N+](C)(C)C)OC(=O)CCCCCCC/C=C\C=C\C(CCCCC)OO. The molecule has 3 atom stereocenters. The Morgan fingerprint density at radius 3 is 1.68 bits per heavy atom. The molecule has 0 heterocycles. The largest absolute Gasteiger partial charge is 0.472 e. The van der Waals surface area contributed by atoms with Crippen LogP contribution in [0.25, 0.3) is 0 Å². The van der Waals surface area contributed by atoms with Crippen LogP contribution in [-0.4, -0.2) is 86.3 Å². The predicted octanol–water partition coefficient (Wildman–Crippen LogP) is 11.8. The molecule has 330 valence electrons. The molecular weight excluding hydrogens is 733 g/mol. The Kier molecular flexibility index (Phi) is 36.6. The summed E-state index contributed by atoms with van der Waals surface area (Å²) in [6.45, 7) is 4.24. The molecule has 0 aromatic rings. The predicted molar refractivity (Wildman–Crippen MR) is 227 cm³/mol. The van der Waals surface area contributed by atoms with Crippen molar-refractivity contribution in [1.29, 1.82) is 0 Å². The van der Waals surface area contributed by atoms with Crippen LogP contribution in [0.5, 0.6) is 0 Å². The zero-order valence-electron chi connectivity index (χ0n) is 36.4. The van der Waals surface area contributed by atoms with Crippen LogP contribution in [0.1, 0.15) is 187 Å². The number of hydrogen-bond acceptors (Lipinski definition) is 9. The molecule has 56 heavy (non-hydrogen) atoms. The van der Waals surface area contributed by atoms with Crippen molar-refractivity contribution in [2.75, 3.05) is 47.5 Å². The summed E-state index contributed by atoms with van der Waals surface area (Å²) in [5.74, 6) is -0.853. The lowest BCUT2D eigenvalue weighted by Gasteiger charge is -2.24. The number of phosphoric ester groups is 1. The number of esters is 2. The molecule has 0 rings (SSSR count). The van der Waals surface area contributed by atoms with E-state index in [1.807, 2.05) is 39.4 Å². The van der Waals surface area contributed by atoms with E-state index in [-0.39, 0.29) is 38.1 Å². The lowest BCUT2D eigenvalue weighted by atomic mass is 10.0. The zero-order chi connectivity index (χ0) is 41.6. The molecule has 0 radical (unpaired) electrons. The van der Waals surface area contributed by atoms with E-state index in [2.05, 4.69) is 24.8 Å². The number of phosphoric acid groups is 1. The first kappa shape index (κ1) is 54.4. The van der Waals surface area contributed by atoms with Crippen molar-refractivity contribution in [2.24, 2.45) is 0 Å². The Hall–Kier alpha value is -1.59. The molecule has 0 aliphatic rings. The number of carbonyl (C=O) groups is 2. The van der Waals surface area contributed by atoms with E-state index in [4.69, 9.17) is 23.8 Å². The molecule has 0 aromatic heterocycles. The van der Waals surface area contributed by atoms with Crippen molar-refractivity contribution >= 4 is 19.8 Å². The molecule has 11 nitrogen and oxygen atoms in total. The summed E-state index contributed by atoms with van der Waals surface area (Å²) in [5.41, 5.74) is 0. The summed E-state index contributed by atoms with van der Waals surface area (Å²) in [4.78, 5) is 39.9. The van der Waals surface area contributed by atoms with Crippen molar-refractivity contribution in [3.63, 3.8) is 0 Å². The Morgan fingerprint density at radius 1 is 0.643 bits per heavy atom. The molecule has 2 N–H and O–H groups in total. The van der Waals surface area contributed by atoms with Gasteiger partial charge in [0.05, 0.1) is 27.7 Å². The number of quaternary nitrogens is 1. The maximum Gasteiger partial charge on any atom is 0.472 e. The van der Waals surface area contributed by atoms with Crippen LogP contribution in [0, 0.1) is 0 Å². The normalized spacial score (nSPS) is 14.3. The Bertz CT molecular complexity index is 1030. The fourth-order valence-electron chi connectivity index (χ4n) is 6.11. The van der Waals surface area contributed by atoms with Crippen LogP contribution >= 0.6 is 7.82 Å². The highest BCUT2D eigenvalue weighted by Crippen LogP contribution is 2.43. The minimum atomic E-state index is -4.39. The first-order chi connectivity index (χ1) is 26.9. The maximum absolute atomic E-state index is 12.7. The number of nitrogens with zero attached hydrogens (tertiary/aromatic N) is 1. The van der Waals surface area contributed by atoms with Gasteiger partial charge in [0.25, 0.3) is 0 Å². The molecule has 12 heteroatoms. The molecule has 0 saturated heterocycles. The number of ether oxygens (including phenoxy) is 2. The van der Waals surface area contributed by atoms with Crippen LogP contribution in [0.15, 0.2) is 24.3 Å². The number of hydrogen-bond donors (Lipinski definition) is 2. The van der Waals surface area contributed by atoms with Crippen molar-refractivity contribution in [2.45, 2.75) is 199 Å². The summed E-state index contributed by atoms with van der Waals surface area (Å²) in [6, 6.07) is 0. The van der Waals surface area contributed by atoms with Gasteiger partial charge in [-0.15, -0.1) is 0 Å². The van der Waals surface area contributed by atoms with Crippen LogP contribution < -0.4 is 0 Å².